The lowest BCUT2D eigenvalue weighted by atomic mass is 10.2. The molecule has 118 valence electrons. The van der Waals surface area contributed by atoms with Crippen LogP contribution in [-0.4, -0.2) is 36.7 Å². The average Bonchev–Trinajstić information content (AvgIpc) is 2.86. The molecule has 0 bridgehead atoms. The van der Waals surface area contributed by atoms with Crippen LogP contribution in [0.25, 0.3) is 0 Å². The highest BCUT2D eigenvalue weighted by Gasteiger charge is 2.12. The first-order chi connectivity index (χ1) is 10.4. The van der Waals surface area contributed by atoms with Crippen LogP contribution in [0.1, 0.15) is 16.1 Å². The quantitative estimate of drug-likeness (QED) is 0.915. The second-order valence-electron chi connectivity index (χ2n) is 5.03. The van der Waals surface area contributed by atoms with E-state index in [4.69, 9.17) is 16.3 Å². The number of amides is 1. The molecule has 0 spiro atoms. The molecule has 0 radical (unpaired) electrons. The molecule has 1 aromatic carbocycles. The van der Waals surface area contributed by atoms with Gasteiger partial charge in [0.1, 0.15) is 5.75 Å². The van der Waals surface area contributed by atoms with E-state index in [1.54, 1.807) is 24.4 Å². The third kappa shape index (κ3) is 3.33. The first kappa shape index (κ1) is 16.2. The summed E-state index contributed by atoms with van der Waals surface area (Å²) in [5.74, 6) is 1.12. The van der Waals surface area contributed by atoms with Crippen molar-refractivity contribution < 1.29 is 9.53 Å². The number of ether oxygens (including phenoxy) is 1. The Balaban J connectivity index is 2.07. The Hall–Kier alpha value is -2.21. The van der Waals surface area contributed by atoms with Crippen molar-refractivity contribution in [2.75, 3.05) is 26.1 Å². The molecule has 22 heavy (non-hydrogen) atoms. The van der Waals surface area contributed by atoms with Crippen molar-refractivity contribution in [3.8, 4) is 5.75 Å². The zero-order valence-electron chi connectivity index (χ0n) is 13.1. The summed E-state index contributed by atoms with van der Waals surface area (Å²) >= 11 is 5.95. The molecule has 0 unspecified atom stereocenters. The van der Waals surface area contributed by atoms with Crippen molar-refractivity contribution >= 4 is 23.5 Å². The Morgan fingerprint density at radius 1 is 1.45 bits per heavy atom. The lowest BCUT2D eigenvalue weighted by Crippen LogP contribution is -2.24. The van der Waals surface area contributed by atoms with Gasteiger partial charge in [0.05, 0.1) is 30.6 Å². The summed E-state index contributed by atoms with van der Waals surface area (Å²) < 4.78 is 7.05. The van der Waals surface area contributed by atoms with Gasteiger partial charge >= 0.3 is 0 Å². The number of anilines is 1. The van der Waals surface area contributed by atoms with E-state index in [0.717, 1.165) is 11.6 Å². The molecule has 0 saturated heterocycles. The maximum absolute atomic E-state index is 12.2. The van der Waals surface area contributed by atoms with Crippen LogP contribution in [0.4, 0.5) is 5.95 Å². The van der Waals surface area contributed by atoms with Crippen molar-refractivity contribution in [3.05, 3.63) is 40.7 Å². The normalized spacial score (nSPS) is 10.4. The fraction of sp³-hybridized carbons (Fsp3) is 0.333. The Labute approximate surface area is 134 Å². The highest BCUT2D eigenvalue weighted by Crippen LogP contribution is 2.25. The van der Waals surface area contributed by atoms with Gasteiger partial charge in [-0.05, 0) is 18.2 Å². The number of nitrogens with zero attached hydrogens (tertiary/aromatic N) is 3. The highest BCUT2D eigenvalue weighted by molar-refractivity contribution is 6.32. The molecule has 1 heterocycles. The lowest BCUT2D eigenvalue weighted by Gasteiger charge is -2.13. The van der Waals surface area contributed by atoms with Crippen molar-refractivity contribution in [1.82, 2.24) is 14.9 Å². The van der Waals surface area contributed by atoms with Gasteiger partial charge in [-0.2, -0.15) is 0 Å². The summed E-state index contributed by atoms with van der Waals surface area (Å²) in [6, 6.07) is 4.92. The Morgan fingerprint density at radius 2 is 2.18 bits per heavy atom. The van der Waals surface area contributed by atoms with E-state index in [0.29, 0.717) is 22.9 Å². The third-order valence-corrected chi connectivity index (χ3v) is 3.62. The molecule has 0 aliphatic heterocycles. The average molecular weight is 323 g/mol. The summed E-state index contributed by atoms with van der Waals surface area (Å²) in [6.07, 6.45) is 1.75. The first-order valence-corrected chi connectivity index (χ1v) is 7.11. The summed E-state index contributed by atoms with van der Waals surface area (Å²) in [4.78, 5) is 18.4. The SMILES string of the molecule is COc1cc(C(=O)NCc2cnc(N(C)C)n2C)ccc1Cl. The molecule has 0 aliphatic carbocycles. The fourth-order valence-electron chi connectivity index (χ4n) is 2.09. The molecule has 2 rings (SSSR count). The van der Waals surface area contributed by atoms with Crippen molar-refractivity contribution in [2.24, 2.45) is 7.05 Å². The minimum absolute atomic E-state index is 0.192. The van der Waals surface area contributed by atoms with Crippen molar-refractivity contribution in [2.45, 2.75) is 6.54 Å². The number of hydrogen-bond acceptors (Lipinski definition) is 4. The van der Waals surface area contributed by atoms with Crippen LogP contribution in [0.3, 0.4) is 0 Å². The van der Waals surface area contributed by atoms with E-state index in [9.17, 15) is 4.79 Å². The minimum atomic E-state index is -0.192. The summed E-state index contributed by atoms with van der Waals surface area (Å²) in [7, 11) is 7.27. The smallest absolute Gasteiger partial charge is 0.251 e. The van der Waals surface area contributed by atoms with Crippen LogP contribution in [0, 0.1) is 0 Å². The van der Waals surface area contributed by atoms with Crippen LogP contribution in [0.15, 0.2) is 24.4 Å². The molecule has 0 atom stereocenters. The Bertz CT molecular complexity index is 682. The number of imidazole rings is 1. The van der Waals surface area contributed by atoms with Gasteiger partial charge in [0.15, 0.2) is 0 Å². The van der Waals surface area contributed by atoms with Gasteiger partial charge in [-0.25, -0.2) is 4.98 Å². The van der Waals surface area contributed by atoms with Gasteiger partial charge in [-0.3, -0.25) is 4.79 Å². The molecule has 0 aliphatic rings. The molecule has 0 fully saturated rings. The zero-order chi connectivity index (χ0) is 16.3. The number of carbonyl (C=O) groups is 1. The zero-order valence-corrected chi connectivity index (χ0v) is 13.8. The second kappa shape index (κ2) is 6.70. The predicted molar refractivity (Wildman–Crippen MR) is 86.7 cm³/mol. The molecule has 7 heteroatoms. The van der Waals surface area contributed by atoms with Crippen LogP contribution in [-0.2, 0) is 13.6 Å². The van der Waals surface area contributed by atoms with E-state index >= 15 is 0 Å². The van der Waals surface area contributed by atoms with E-state index in [1.165, 1.54) is 7.11 Å². The maximum atomic E-state index is 12.2. The predicted octanol–water partition coefficient (Wildman–Crippen LogP) is 2.08. The van der Waals surface area contributed by atoms with Crippen molar-refractivity contribution in [1.29, 1.82) is 0 Å². The van der Waals surface area contributed by atoms with Gasteiger partial charge in [-0.15, -0.1) is 0 Å². The summed E-state index contributed by atoms with van der Waals surface area (Å²) in [6.45, 7) is 0.390. The van der Waals surface area contributed by atoms with Crippen LogP contribution >= 0.6 is 11.6 Å². The number of benzene rings is 1. The molecule has 6 nitrogen and oxygen atoms in total. The van der Waals surface area contributed by atoms with Gasteiger partial charge in [0, 0.05) is 26.7 Å². The molecular weight excluding hydrogens is 304 g/mol. The molecule has 0 saturated carbocycles. The second-order valence-corrected chi connectivity index (χ2v) is 5.44. The Morgan fingerprint density at radius 3 is 2.77 bits per heavy atom. The number of hydrogen-bond donors (Lipinski definition) is 1. The first-order valence-electron chi connectivity index (χ1n) is 6.73. The van der Waals surface area contributed by atoms with Gasteiger partial charge < -0.3 is 19.5 Å². The van der Waals surface area contributed by atoms with E-state index in [-0.39, 0.29) is 5.91 Å². The molecule has 1 N–H and O–H groups in total. The maximum Gasteiger partial charge on any atom is 0.251 e. The number of carbonyl (C=O) groups excluding carboxylic acids is 1. The van der Waals surface area contributed by atoms with E-state index in [2.05, 4.69) is 10.3 Å². The summed E-state index contributed by atoms with van der Waals surface area (Å²) in [5, 5.41) is 3.34. The number of halogens is 1. The minimum Gasteiger partial charge on any atom is -0.495 e. The fourth-order valence-corrected chi connectivity index (χ4v) is 2.28. The number of methoxy groups -OCH3 is 1. The van der Waals surface area contributed by atoms with Crippen LogP contribution in [0.2, 0.25) is 5.02 Å². The van der Waals surface area contributed by atoms with Gasteiger partial charge in [0.25, 0.3) is 5.91 Å². The van der Waals surface area contributed by atoms with Gasteiger partial charge in [-0.1, -0.05) is 11.6 Å². The van der Waals surface area contributed by atoms with E-state index < -0.39 is 0 Å². The number of rotatable bonds is 5. The molecular formula is C15H19ClN4O2. The standard InChI is InChI=1S/C15H19ClN4O2/c1-19(2)15-18-9-11(20(15)3)8-17-14(21)10-5-6-12(16)13(7-10)22-4/h5-7,9H,8H2,1-4H3,(H,17,21). The largest absolute Gasteiger partial charge is 0.495 e. The Kier molecular flexibility index (Phi) is 4.92. The highest BCUT2D eigenvalue weighted by atomic mass is 35.5. The monoisotopic (exact) mass is 322 g/mol. The topological polar surface area (TPSA) is 59.4 Å². The van der Waals surface area contributed by atoms with Gasteiger partial charge in [0.2, 0.25) is 5.95 Å². The third-order valence-electron chi connectivity index (χ3n) is 3.30. The lowest BCUT2D eigenvalue weighted by molar-refractivity contribution is 0.0950. The van der Waals surface area contributed by atoms with Crippen molar-refractivity contribution in [3.63, 3.8) is 0 Å². The molecule has 1 amide bonds. The van der Waals surface area contributed by atoms with Crippen LogP contribution in [0.5, 0.6) is 5.75 Å². The number of nitrogens with one attached hydrogen (secondary N) is 1. The summed E-state index contributed by atoms with van der Waals surface area (Å²) in [5.41, 5.74) is 1.41. The molecule has 2 aromatic rings. The van der Waals surface area contributed by atoms with Crippen LogP contribution < -0.4 is 15.0 Å². The van der Waals surface area contributed by atoms with E-state index in [1.807, 2.05) is 30.6 Å². The number of aromatic nitrogens is 2. The molecule has 1 aromatic heterocycles.